The van der Waals surface area contributed by atoms with E-state index in [9.17, 15) is 23.2 Å². The fourth-order valence-corrected chi connectivity index (χ4v) is 1.42. The van der Waals surface area contributed by atoms with Gasteiger partial charge in [-0.25, -0.2) is 13.6 Å². The number of halogens is 2. The monoisotopic (exact) mass is 277 g/mol. The highest BCUT2D eigenvalue weighted by molar-refractivity contribution is 5.76. The van der Waals surface area contributed by atoms with Gasteiger partial charge in [0.2, 0.25) is 5.91 Å². The van der Waals surface area contributed by atoms with E-state index >= 15 is 0 Å². The number of amides is 1. The van der Waals surface area contributed by atoms with Crippen molar-refractivity contribution < 1.29 is 18.7 Å². The smallest absolute Gasteiger partial charge is 0.328 e. The molecule has 0 saturated carbocycles. The zero-order valence-corrected chi connectivity index (χ0v) is 9.88. The molecule has 19 heavy (non-hydrogen) atoms. The van der Waals surface area contributed by atoms with Gasteiger partial charge in [0.05, 0.1) is 13.2 Å². The average Bonchev–Trinajstić information content (AvgIpc) is 2.31. The molecule has 0 aliphatic rings. The number of rotatable bonds is 6. The highest BCUT2D eigenvalue weighted by Crippen LogP contribution is 1.99. The lowest BCUT2D eigenvalue weighted by Gasteiger charge is -2.21. The number of H-pyrrole nitrogens is 1. The van der Waals surface area contributed by atoms with Gasteiger partial charge in [-0.3, -0.25) is 19.1 Å². The quantitative estimate of drug-likeness (QED) is 0.670. The maximum atomic E-state index is 12.2. The van der Waals surface area contributed by atoms with E-state index in [-0.39, 0.29) is 6.54 Å². The van der Waals surface area contributed by atoms with Crippen LogP contribution in [-0.2, 0) is 11.3 Å². The second-order valence-electron chi connectivity index (χ2n) is 3.69. The van der Waals surface area contributed by atoms with Gasteiger partial charge in [-0.2, -0.15) is 0 Å². The van der Waals surface area contributed by atoms with Crippen molar-refractivity contribution in [3.63, 3.8) is 0 Å². The first-order valence-electron chi connectivity index (χ1n) is 5.40. The predicted molar refractivity (Wildman–Crippen MR) is 61.0 cm³/mol. The van der Waals surface area contributed by atoms with Crippen LogP contribution in [0.4, 0.5) is 8.78 Å². The summed E-state index contributed by atoms with van der Waals surface area (Å²) in [4.78, 5) is 36.5. The van der Waals surface area contributed by atoms with Crippen LogP contribution < -0.4 is 11.2 Å². The fourth-order valence-electron chi connectivity index (χ4n) is 1.42. The topological polar surface area (TPSA) is 95.4 Å². The zero-order chi connectivity index (χ0) is 14.4. The number of hydrogen-bond donors (Lipinski definition) is 2. The molecule has 0 bridgehead atoms. The molecular formula is C10H13F2N3O4. The third-order valence-corrected chi connectivity index (χ3v) is 2.28. The van der Waals surface area contributed by atoms with Crippen LogP contribution in [0.3, 0.4) is 0 Å². The highest BCUT2D eigenvalue weighted by atomic mass is 19.3. The Morgan fingerprint density at radius 1 is 1.47 bits per heavy atom. The molecule has 1 rings (SSSR count). The molecule has 0 fully saturated rings. The molecule has 1 heterocycles. The molecule has 7 nitrogen and oxygen atoms in total. The maximum Gasteiger partial charge on any atom is 0.328 e. The van der Waals surface area contributed by atoms with Crippen LogP contribution in [0.5, 0.6) is 0 Å². The van der Waals surface area contributed by atoms with Crippen LogP contribution in [0, 0.1) is 0 Å². The molecule has 0 aliphatic carbocycles. The molecule has 0 aromatic carbocycles. The van der Waals surface area contributed by atoms with Gasteiger partial charge in [0, 0.05) is 18.8 Å². The van der Waals surface area contributed by atoms with Crippen LogP contribution in [0.25, 0.3) is 0 Å². The summed E-state index contributed by atoms with van der Waals surface area (Å²) in [7, 11) is 0. The SMILES string of the molecule is O=C(Cn1ccc(=O)[nH]c1=O)N(CCO)CC(F)F. The lowest BCUT2D eigenvalue weighted by molar-refractivity contribution is -0.134. The van der Waals surface area contributed by atoms with Crippen molar-refractivity contribution in [3.05, 3.63) is 33.1 Å². The van der Waals surface area contributed by atoms with Gasteiger partial charge in [-0.05, 0) is 0 Å². The van der Waals surface area contributed by atoms with Crippen molar-refractivity contribution in [1.82, 2.24) is 14.5 Å². The molecule has 0 unspecified atom stereocenters. The molecule has 0 radical (unpaired) electrons. The number of aliphatic hydroxyl groups excluding tert-OH is 1. The molecule has 0 spiro atoms. The maximum absolute atomic E-state index is 12.2. The van der Waals surface area contributed by atoms with Crippen molar-refractivity contribution in [2.24, 2.45) is 0 Å². The minimum absolute atomic E-state index is 0.249. The van der Waals surface area contributed by atoms with E-state index in [0.29, 0.717) is 0 Å². The molecule has 1 amide bonds. The lowest BCUT2D eigenvalue weighted by Crippen LogP contribution is -2.41. The molecular weight excluding hydrogens is 264 g/mol. The number of aliphatic hydroxyl groups is 1. The lowest BCUT2D eigenvalue weighted by atomic mass is 10.4. The third kappa shape index (κ3) is 4.62. The summed E-state index contributed by atoms with van der Waals surface area (Å²) in [6, 6.07) is 1.04. The van der Waals surface area contributed by atoms with Gasteiger partial charge >= 0.3 is 5.69 Å². The molecule has 9 heteroatoms. The third-order valence-electron chi connectivity index (χ3n) is 2.28. The van der Waals surface area contributed by atoms with Gasteiger partial charge < -0.3 is 10.0 Å². The van der Waals surface area contributed by atoms with E-state index in [1.54, 1.807) is 0 Å². The molecule has 0 atom stereocenters. The Kier molecular flexibility index (Phi) is 5.37. The standard InChI is InChI=1S/C10H13F2N3O4/c11-7(12)5-14(3-4-16)9(18)6-15-2-1-8(17)13-10(15)19/h1-2,7,16H,3-6H2,(H,13,17,19). The Balaban J connectivity index is 2.80. The van der Waals surface area contributed by atoms with E-state index in [4.69, 9.17) is 5.11 Å². The number of alkyl halides is 2. The van der Waals surface area contributed by atoms with E-state index in [2.05, 4.69) is 0 Å². The average molecular weight is 277 g/mol. The van der Waals surface area contributed by atoms with E-state index in [1.165, 1.54) is 0 Å². The molecule has 1 aromatic heterocycles. The number of aromatic amines is 1. The first-order valence-corrected chi connectivity index (χ1v) is 5.40. The Bertz CT molecular complexity index is 540. The van der Waals surface area contributed by atoms with Crippen molar-refractivity contribution >= 4 is 5.91 Å². The van der Waals surface area contributed by atoms with Gasteiger partial charge in [0.1, 0.15) is 6.54 Å². The van der Waals surface area contributed by atoms with Crippen LogP contribution >= 0.6 is 0 Å². The summed E-state index contributed by atoms with van der Waals surface area (Å²) in [5.74, 6) is -0.747. The van der Waals surface area contributed by atoms with Gasteiger partial charge in [-0.1, -0.05) is 0 Å². The molecule has 0 saturated heterocycles. The number of aromatic nitrogens is 2. The predicted octanol–water partition coefficient (Wildman–Crippen LogP) is -1.38. The van der Waals surface area contributed by atoms with Crippen molar-refractivity contribution in [2.45, 2.75) is 13.0 Å². The fraction of sp³-hybridized carbons (Fsp3) is 0.500. The van der Waals surface area contributed by atoms with Crippen molar-refractivity contribution in [2.75, 3.05) is 19.7 Å². The van der Waals surface area contributed by atoms with Crippen molar-refractivity contribution in [1.29, 1.82) is 0 Å². The number of hydrogen-bond acceptors (Lipinski definition) is 4. The van der Waals surface area contributed by atoms with Crippen LogP contribution in [0.15, 0.2) is 21.9 Å². The summed E-state index contributed by atoms with van der Waals surface area (Å²) >= 11 is 0. The second kappa shape index (κ2) is 6.78. The van der Waals surface area contributed by atoms with Gasteiger partial charge in [0.15, 0.2) is 0 Å². The Labute approximate surface area is 106 Å². The van der Waals surface area contributed by atoms with Gasteiger partial charge in [-0.15, -0.1) is 0 Å². The van der Waals surface area contributed by atoms with E-state index in [1.807, 2.05) is 4.98 Å². The zero-order valence-electron chi connectivity index (χ0n) is 9.88. The van der Waals surface area contributed by atoms with Crippen LogP contribution in [0.1, 0.15) is 0 Å². The summed E-state index contributed by atoms with van der Waals surface area (Å²) in [6.07, 6.45) is -1.64. The normalized spacial score (nSPS) is 10.7. The Morgan fingerprint density at radius 2 is 2.16 bits per heavy atom. The molecule has 106 valence electrons. The van der Waals surface area contributed by atoms with Crippen LogP contribution in [-0.4, -0.2) is 51.6 Å². The second-order valence-corrected chi connectivity index (χ2v) is 3.69. The van der Waals surface area contributed by atoms with E-state index in [0.717, 1.165) is 21.7 Å². The first-order chi connectivity index (χ1) is 8.93. The largest absolute Gasteiger partial charge is 0.395 e. The number of carbonyl (C=O) groups excluding carboxylic acids is 1. The summed E-state index contributed by atoms with van der Waals surface area (Å²) in [5, 5.41) is 8.70. The summed E-state index contributed by atoms with van der Waals surface area (Å²) < 4.78 is 25.4. The number of nitrogens with zero attached hydrogens (tertiary/aromatic N) is 2. The first kappa shape index (κ1) is 15.0. The van der Waals surface area contributed by atoms with E-state index < -0.39 is 43.3 Å². The Hall–Kier alpha value is -2.03. The summed E-state index contributed by atoms with van der Waals surface area (Å²) in [5.41, 5.74) is -1.42. The minimum Gasteiger partial charge on any atom is -0.395 e. The van der Waals surface area contributed by atoms with Gasteiger partial charge in [0.25, 0.3) is 12.0 Å². The highest BCUT2D eigenvalue weighted by Gasteiger charge is 2.18. The van der Waals surface area contributed by atoms with Crippen molar-refractivity contribution in [3.8, 4) is 0 Å². The molecule has 2 N–H and O–H groups in total. The number of carbonyl (C=O) groups is 1. The molecule has 0 aliphatic heterocycles. The molecule has 1 aromatic rings. The number of nitrogens with one attached hydrogen (secondary N) is 1. The minimum atomic E-state index is -2.73. The van der Waals surface area contributed by atoms with Crippen LogP contribution in [0.2, 0.25) is 0 Å². The Morgan fingerprint density at radius 3 is 2.68 bits per heavy atom. The summed E-state index contributed by atoms with van der Waals surface area (Å²) in [6.45, 7) is -2.01.